The van der Waals surface area contributed by atoms with Gasteiger partial charge in [0.15, 0.2) is 4.90 Å². The maximum absolute atomic E-state index is 12.2. The van der Waals surface area contributed by atoms with Crippen LogP contribution in [-0.4, -0.2) is 33.0 Å². The fourth-order valence-electron chi connectivity index (χ4n) is 2.48. The van der Waals surface area contributed by atoms with E-state index in [9.17, 15) is 18.5 Å². The van der Waals surface area contributed by atoms with Crippen LogP contribution >= 0.6 is 0 Å². The lowest BCUT2D eigenvalue weighted by molar-refractivity contribution is -0.387. The molecule has 0 saturated carbocycles. The highest BCUT2D eigenvalue weighted by molar-refractivity contribution is 7.89. The summed E-state index contributed by atoms with van der Waals surface area (Å²) >= 11 is 0. The molecule has 116 valence electrons. The summed E-state index contributed by atoms with van der Waals surface area (Å²) in [7, 11) is -3.85. The molecule has 2 N–H and O–H groups in total. The Bertz CT molecular complexity index is 597. The molecule has 0 spiro atoms. The lowest BCUT2D eigenvalue weighted by Crippen LogP contribution is -2.33. The molecule has 1 saturated heterocycles. The van der Waals surface area contributed by atoms with Crippen LogP contribution in [0.3, 0.4) is 0 Å². The van der Waals surface area contributed by atoms with Crippen LogP contribution in [0, 0.1) is 16.0 Å². The summed E-state index contributed by atoms with van der Waals surface area (Å²) in [5, 5.41) is 14.2. The number of benzene rings is 1. The quantitative estimate of drug-likeness (QED) is 0.608. The molecule has 1 heterocycles. The van der Waals surface area contributed by atoms with Gasteiger partial charge in [-0.25, -0.2) is 13.1 Å². The topological polar surface area (TPSA) is 101 Å². The molecule has 1 aliphatic heterocycles. The van der Waals surface area contributed by atoms with Crippen LogP contribution in [0.1, 0.15) is 19.3 Å². The first-order valence-corrected chi connectivity index (χ1v) is 8.43. The van der Waals surface area contributed by atoms with Crippen molar-refractivity contribution in [3.8, 4) is 0 Å². The van der Waals surface area contributed by atoms with Crippen molar-refractivity contribution in [1.82, 2.24) is 10.0 Å². The molecule has 1 aliphatic rings. The Balaban J connectivity index is 2.00. The smallest absolute Gasteiger partial charge is 0.289 e. The normalized spacial score (nSPS) is 19.3. The average molecular weight is 313 g/mol. The first-order chi connectivity index (χ1) is 10.0. The number of nitrogens with one attached hydrogen (secondary N) is 2. The number of hydrogen-bond donors (Lipinski definition) is 2. The zero-order valence-corrected chi connectivity index (χ0v) is 12.4. The Morgan fingerprint density at radius 1 is 1.38 bits per heavy atom. The number of rotatable bonds is 6. The van der Waals surface area contributed by atoms with Crippen molar-refractivity contribution in [2.45, 2.75) is 24.2 Å². The number of nitro groups is 1. The molecular formula is C13H19N3O4S. The zero-order chi connectivity index (χ0) is 15.3. The summed E-state index contributed by atoms with van der Waals surface area (Å²) in [5.74, 6) is 0.451. The van der Waals surface area contributed by atoms with E-state index >= 15 is 0 Å². The monoisotopic (exact) mass is 313 g/mol. The van der Waals surface area contributed by atoms with Gasteiger partial charge in [0.05, 0.1) is 4.92 Å². The molecule has 8 heteroatoms. The largest absolute Gasteiger partial charge is 0.316 e. The van der Waals surface area contributed by atoms with Gasteiger partial charge in [-0.2, -0.15) is 0 Å². The molecule has 0 amide bonds. The second-order valence-electron chi connectivity index (χ2n) is 5.12. The number of piperidine rings is 1. The minimum atomic E-state index is -3.85. The van der Waals surface area contributed by atoms with E-state index in [1.165, 1.54) is 24.3 Å². The number of nitrogens with zero attached hydrogens (tertiary/aromatic N) is 1. The number of para-hydroxylation sites is 1. The van der Waals surface area contributed by atoms with Crippen LogP contribution in [0.5, 0.6) is 0 Å². The Kier molecular flexibility index (Phi) is 5.27. The Morgan fingerprint density at radius 3 is 2.81 bits per heavy atom. The molecule has 7 nitrogen and oxygen atoms in total. The van der Waals surface area contributed by atoms with Gasteiger partial charge in [0.25, 0.3) is 5.69 Å². The minimum Gasteiger partial charge on any atom is -0.316 e. The predicted octanol–water partition coefficient (Wildman–Crippen LogP) is 1.26. The zero-order valence-electron chi connectivity index (χ0n) is 11.6. The first-order valence-electron chi connectivity index (χ1n) is 6.94. The molecular weight excluding hydrogens is 294 g/mol. The van der Waals surface area contributed by atoms with Crippen LogP contribution in [0.4, 0.5) is 5.69 Å². The van der Waals surface area contributed by atoms with Crippen molar-refractivity contribution < 1.29 is 13.3 Å². The Morgan fingerprint density at radius 2 is 2.14 bits per heavy atom. The summed E-state index contributed by atoms with van der Waals surface area (Å²) in [6.45, 7) is 2.20. The Labute approximate surface area is 123 Å². The van der Waals surface area contributed by atoms with Gasteiger partial charge in [0.1, 0.15) is 0 Å². The van der Waals surface area contributed by atoms with E-state index in [1.54, 1.807) is 0 Å². The van der Waals surface area contributed by atoms with Gasteiger partial charge in [0, 0.05) is 12.6 Å². The van der Waals surface area contributed by atoms with Crippen LogP contribution in [-0.2, 0) is 10.0 Å². The van der Waals surface area contributed by atoms with E-state index in [2.05, 4.69) is 10.0 Å². The van der Waals surface area contributed by atoms with Crippen molar-refractivity contribution >= 4 is 15.7 Å². The van der Waals surface area contributed by atoms with E-state index in [0.717, 1.165) is 32.4 Å². The van der Waals surface area contributed by atoms with E-state index in [1.807, 2.05) is 0 Å². The second kappa shape index (κ2) is 6.97. The van der Waals surface area contributed by atoms with Crippen molar-refractivity contribution in [2.75, 3.05) is 19.6 Å². The molecule has 1 atom stereocenters. The molecule has 0 aliphatic carbocycles. The van der Waals surface area contributed by atoms with Gasteiger partial charge in [-0.15, -0.1) is 0 Å². The highest BCUT2D eigenvalue weighted by Gasteiger charge is 2.25. The maximum Gasteiger partial charge on any atom is 0.289 e. The lowest BCUT2D eigenvalue weighted by Gasteiger charge is -2.22. The van der Waals surface area contributed by atoms with Crippen LogP contribution < -0.4 is 10.0 Å². The third kappa shape index (κ3) is 4.23. The van der Waals surface area contributed by atoms with Crippen LogP contribution in [0.15, 0.2) is 29.2 Å². The number of nitro benzene ring substituents is 1. The Hall–Kier alpha value is -1.51. The lowest BCUT2D eigenvalue weighted by atomic mass is 9.96. The van der Waals surface area contributed by atoms with Gasteiger partial charge in [-0.3, -0.25) is 10.1 Å². The molecule has 2 rings (SSSR count). The number of hydrogen-bond acceptors (Lipinski definition) is 5. The molecule has 21 heavy (non-hydrogen) atoms. The average Bonchev–Trinajstić information content (AvgIpc) is 2.48. The summed E-state index contributed by atoms with van der Waals surface area (Å²) in [6.07, 6.45) is 2.91. The predicted molar refractivity (Wildman–Crippen MR) is 78.5 cm³/mol. The van der Waals surface area contributed by atoms with E-state index in [0.29, 0.717) is 12.5 Å². The number of sulfonamides is 1. The van der Waals surface area contributed by atoms with Crippen molar-refractivity contribution in [2.24, 2.45) is 5.92 Å². The molecule has 1 unspecified atom stereocenters. The van der Waals surface area contributed by atoms with Crippen LogP contribution in [0.2, 0.25) is 0 Å². The van der Waals surface area contributed by atoms with E-state index in [4.69, 9.17) is 0 Å². The third-order valence-corrected chi connectivity index (χ3v) is 5.10. The van der Waals surface area contributed by atoms with Gasteiger partial charge < -0.3 is 5.32 Å². The van der Waals surface area contributed by atoms with Gasteiger partial charge in [-0.05, 0) is 44.3 Å². The van der Waals surface area contributed by atoms with Gasteiger partial charge in [-0.1, -0.05) is 12.1 Å². The van der Waals surface area contributed by atoms with Crippen molar-refractivity contribution in [3.63, 3.8) is 0 Å². The van der Waals surface area contributed by atoms with Crippen molar-refractivity contribution in [3.05, 3.63) is 34.4 Å². The van der Waals surface area contributed by atoms with E-state index < -0.39 is 20.6 Å². The molecule has 0 aromatic heterocycles. The van der Waals surface area contributed by atoms with Gasteiger partial charge in [0.2, 0.25) is 10.0 Å². The van der Waals surface area contributed by atoms with Gasteiger partial charge >= 0.3 is 0 Å². The van der Waals surface area contributed by atoms with Crippen LogP contribution in [0.25, 0.3) is 0 Å². The van der Waals surface area contributed by atoms with Crippen molar-refractivity contribution in [1.29, 1.82) is 0 Å². The first kappa shape index (κ1) is 15.9. The molecule has 0 bridgehead atoms. The summed E-state index contributed by atoms with van der Waals surface area (Å²) < 4.78 is 26.8. The molecule has 1 aromatic carbocycles. The summed E-state index contributed by atoms with van der Waals surface area (Å²) in [5.41, 5.74) is -0.399. The second-order valence-corrected chi connectivity index (χ2v) is 6.86. The van der Waals surface area contributed by atoms with E-state index in [-0.39, 0.29) is 4.90 Å². The minimum absolute atomic E-state index is 0.281. The standard InChI is InChI=1S/C13H19N3O4S/c17-16(18)12-5-1-2-6-13(12)21(19,20)15-9-7-11-4-3-8-14-10-11/h1-2,5-6,11,14-15H,3-4,7-10H2. The summed E-state index contributed by atoms with van der Waals surface area (Å²) in [6, 6.07) is 5.37. The third-order valence-electron chi connectivity index (χ3n) is 3.60. The highest BCUT2D eigenvalue weighted by Crippen LogP contribution is 2.22. The summed E-state index contributed by atoms with van der Waals surface area (Å²) in [4.78, 5) is 9.93. The fraction of sp³-hybridized carbons (Fsp3) is 0.538. The SMILES string of the molecule is O=[N+]([O-])c1ccccc1S(=O)(=O)NCCC1CCCNC1. The molecule has 1 aromatic rings. The maximum atomic E-state index is 12.2. The highest BCUT2D eigenvalue weighted by atomic mass is 32.2. The molecule has 1 fully saturated rings. The fourth-order valence-corrected chi connectivity index (χ4v) is 3.70. The molecule has 0 radical (unpaired) electrons.